The fraction of sp³-hybridized carbons (Fsp3) is 0.267. The van der Waals surface area contributed by atoms with Gasteiger partial charge in [0, 0.05) is 10.4 Å². The molecule has 18 heavy (non-hydrogen) atoms. The van der Waals surface area contributed by atoms with Crippen molar-refractivity contribution in [1.29, 1.82) is 0 Å². The molecule has 1 aromatic carbocycles. The zero-order valence-corrected chi connectivity index (χ0v) is 11.4. The first kappa shape index (κ1) is 12.8. The molecule has 3 heteroatoms. The van der Waals surface area contributed by atoms with Gasteiger partial charge in [0.2, 0.25) is 0 Å². The molecule has 0 fully saturated rings. The molecule has 0 aliphatic heterocycles. The van der Waals surface area contributed by atoms with E-state index in [0.29, 0.717) is 6.61 Å². The molecule has 0 aliphatic rings. The molecule has 0 saturated heterocycles. The van der Waals surface area contributed by atoms with E-state index < -0.39 is 0 Å². The molecular formula is C15H16O2S. The van der Waals surface area contributed by atoms with Gasteiger partial charge in [-0.05, 0) is 31.0 Å². The Labute approximate surface area is 111 Å². The summed E-state index contributed by atoms with van der Waals surface area (Å²) in [6, 6.07) is 9.88. The highest BCUT2D eigenvalue weighted by Crippen LogP contribution is 2.24. The number of para-hydroxylation sites is 1. The number of carbonyl (C=O) groups is 1. The maximum Gasteiger partial charge on any atom is 0.160 e. The number of carbonyl (C=O) groups excluding carboxylic acids is 1. The molecule has 0 unspecified atom stereocenters. The van der Waals surface area contributed by atoms with Crippen LogP contribution in [-0.2, 0) is 13.0 Å². The fourth-order valence-corrected chi connectivity index (χ4v) is 2.77. The molecule has 0 saturated carbocycles. The van der Waals surface area contributed by atoms with Gasteiger partial charge in [-0.15, -0.1) is 11.3 Å². The van der Waals surface area contributed by atoms with E-state index >= 15 is 0 Å². The summed E-state index contributed by atoms with van der Waals surface area (Å²) in [5, 5.41) is 0. The van der Waals surface area contributed by atoms with Crippen molar-refractivity contribution in [1.82, 2.24) is 0 Å². The number of hydrogen-bond donors (Lipinski definition) is 0. The fourth-order valence-electron chi connectivity index (χ4n) is 1.84. The second-order valence-electron chi connectivity index (χ2n) is 4.12. The van der Waals surface area contributed by atoms with Crippen molar-refractivity contribution in [2.75, 3.05) is 0 Å². The summed E-state index contributed by atoms with van der Waals surface area (Å²) in [4.78, 5) is 12.8. The molecule has 0 aliphatic carbocycles. The second kappa shape index (κ2) is 5.83. The predicted molar refractivity (Wildman–Crippen MR) is 74.6 cm³/mol. The van der Waals surface area contributed by atoms with Crippen molar-refractivity contribution < 1.29 is 9.53 Å². The molecule has 0 spiro atoms. The Morgan fingerprint density at radius 1 is 1.33 bits per heavy atom. The lowest BCUT2D eigenvalue weighted by molar-refractivity contribution is 0.112. The Morgan fingerprint density at radius 2 is 2.11 bits per heavy atom. The average molecular weight is 260 g/mol. The van der Waals surface area contributed by atoms with Crippen molar-refractivity contribution >= 4 is 17.6 Å². The largest absolute Gasteiger partial charge is 0.489 e. The van der Waals surface area contributed by atoms with E-state index in [0.717, 1.165) is 34.5 Å². The standard InChI is InChI=1S/C15H16O2S/c1-3-15-12(8-13(9-16)18-15)10-17-14-7-5-4-6-11(14)2/h4-9H,3,10H2,1-2H3. The third-order valence-corrected chi connectivity index (χ3v) is 4.08. The van der Waals surface area contributed by atoms with Gasteiger partial charge in [-0.3, -0.25) is 4.79 Å². The van der Waals surface area contributed by atoms with E-state index in [-0.39, 0.29) is 0 Å². The molecule has 2 aromatic rings. The van der Waals surface area contributed by atoms with E-state index in [1.807, 2.05) is 37.3 Å². The van der Waals surface area contributed by atoms with Crippen LogP contribution in [0.5, 0.6) is 5.75 Å². The second-order valence-corrected chi connectivity index (χ2v) is 5.29. The minimum absolute atomic E-state index is 0.526. The maximum absolute atomic E-state index is 10.8. The van der Waals surface area contributed by atoms with Gasteiger partial charge in [0.05, 0.1) is 4.88 Å². The van der Waals surface area contributed by atoms with Crippen molar-refractivity contribution in [2.45, 2.75) is 26.9 Å². The summed E-state index contributed by atoms with van der Waals surface area (Å²) >= 11 is 1.55. The van der Waals surface area contributed by atoms with Gasteiger partial charge >= 0.3 is 0 Å². The highest BCUT2D eigenvalue weighted by Gasteiger charge is 2.08. The molecule has 0 radical (unpaired) electrons. The number of thiophene rings is 1. The summed E-state index contributed by atoms with van der Waals surface area (Å²) in [6.45, 7) is 4.65. The minimum atomic E-state index is 0.526. The average Bonchev–Trinajstić information content (AvgIpc) is 2.80. The lowest BCUT2D eigenvalue weighted by Crippen LogP contribution is -1.97. The molecule has 2 rings (SSSR count). The summed E-state index contributed by atoms with van der Waals surface area (Å²) in [5.41, 5.74) is 2.24. The smallest absolute Gasteiger partial charge is 0.160 e. The van der Waals surface area contributed by atoms with E-state index in [9.17, 15) is 4.79 Å². The summed E-state index contributed by atoms with van der Waals surface area (Å²) in [7, 11) is 0. The summed E-state index contributed by atoms with van der Waals surface area (Å²) in [6.07, 6.45) is 1.84. The van der Waals surface area contributed by atoms with Crippen LogP contribution >= 0.6 is 11.3 Å². The van der Waals surface area contributed by atoms with Crippen molar-refractivity contribution in [2.24, 2.45) is 0 Å². The quantitative estimate of drug-likeness (QED) is 0.759. The van der Waals surface area contributed by atoms with E-state index in [2.05, 4.69) is 6.92 Å². The maximum atomic E-state index is 10.8. The van der Waals surface area contributed by atoms with Gasteiger partial charge in [0.25, 0.3) is 0 Å². The number of aldehydes is 1. The zero-order valence-electron chi connectivity index (χ0n) is 10.6. The van der Waals surface area contributed by atoms with Crippen LogP contribution < -0.4 is 4.74 Å². The van der Waals surface area contributed by atoms with Crippen molar-refractivity contribution in [3.8, 4) is 5.75 Å². The van der Waals surface area contributed by atoms with Gasteiger partial charge in [0.1, 0.15) is 12.4 Å². The van der Waals surface area contributed by atoms with Gasteiger partial charge < -0.3 is 4.74 Å². The molecule has 2 nitrogen and oxygen atoms in total. The SMILES string of the molecule is CCc1sc(C=O)cc1COc1ccccc1C. The predicted octanol–water partition coefficient (Wildman–Crippen LogP) is 4.01. The number of hydrogen-bond acceptors (Lipinski definition) is 3. The molecule has 1 heterocycles. The van der Waals surface area contributed by atoms with Crippen LogP contribution in [0, 0.1) is 6.92 Å². The highest BCUT2D eigenvalue weighted by molar-refractivity contribution is 7.13. The van der Waals surface area contributed by atoms with Gasteiger partial charge in [-0.1, -0.05) is 25.1 Å². The summed E-state index contributed by atoms with van der Waals surface area (Å²) < 4.78 is 5.81. The minimum Gasteiger partial charge on any atom is -0.489 e. The number of aryl methyl sites for hydroxylation is 2. The lowest BCUT2D eigenvalue weighted by Gasteiger charge is -2.08. The Kier molecular flexibility index (Phi) is 4.15. The van der Waals surface area contributed by atoms with Crippen molar-refractivity contribution in [3.05, 3.63) is 51.2 Å². The number of ether oxygens (including phenoxy) is 1. The Balaban J connectivity index is 2.12. The van der Waals surface area contributed by atoms with E-state index in [4.69, 9.17) is 4.74 Å². The molecule has 1 aromatic heterocycles. The van der Waals surface area contributed by atoms with Gasteiger partial charge in [-0.2, -0.15) is 0 Å². The molecule has 0 bridgehead atoms. The highest BCUT2D eigenvalue weighted by atomic mass is 32.1. The molecule has 0 amide bonds. The van der Waals surface area contributed by atoms with Crippen LogP contribution in [0.1, 0.15) is 32.6 Å². The lowest BCUT2D eigenvalue weighted by atomic mass is 10.2. The van der Waals surface area contributed by atoms with Crippen LogP contribution in [0.2, 0.25) is 0 Å². The first-order chi connectivity index (χ1) is 8.74. The monoisotopic (exact) mass is 260 g/mol. The zero-order chi connectivity index (χ0) is 13.0. The first-order valence-corrected chi connectivity index (χ1v) is 6.81. The number of benzene rings is 1. The van der Waals surface area contributed by atoms with E-state index in [1.165, 1.54) is 4.88 Å². The van der Waals surface area contributed by atoms with Crippen LogP contribution in [0.4, 0.5) is 0 Å². The van der Waals surface area contributed by atoms with Crippen LogP contribution in [0.15, 0.2) is 30.3 Å². The topological polar surface area (TPSA) is 26.3 Å². The van der Waals surface area contributed by atoms with Gasteiger partial charge in [-0.25, -0.2) is 0 Å². The summed E-state index contributed by atoms with van der Waals surface area (Å²) in [5.74, 6) is 0.901. The Hall–Kier alpha value is -1.61. The number of rotatable bonds is 5. The van der Waals surface area contributed by atoms with Crippen LogP contribution in [0.25, 0.3) is 0 Å². The Morgan fingerprint density at radius 3 is 2.78 bits per heavy atom. The van der Waals surface area contributed by atoms with E-state index in [1.54, 1.807) is 11.3 Å². The first-order valence-electron chi connectivity index (χ1n) is 5.99. The normalized spacial score (nSPS) is 10.3. The molecule has 0 N–H and O–H groups in total. The molecule has 94 valence electrons. The third kappa shape index (κ3) is 2.79. The van der Waals surface area contributed by atoms with Crippen LogP contribution in [0.3, 0.4) is 0 Å². The van der Waals surface area contributed by atoms with Gasteiger partial charge in [0.15, 0.2) is 6.29 Å². The molecule has 0 atom stereocenters. The van der Waals surface area contributed by atoms with Crippen molar-refractivity contribution in [3.63, 3.8) is 0 Å². The third-order valence-electron chi connectivity index (χ3n) is 2.83. The molecular weight excluding hydrogens is 244 g/mol. The Bertz CT molecular complexity index is 543. The van der Waals surface area contributed by atoms with Crippen LogP contribution in [-0.4, -0.2) is 6.29 Å².